The number of methoxy groups -OCH3 is 1. The third kappa shape index (κ3) is 5.88. The molecule has 5 atom stereocenters. The summed E-state index contributed by atoms with van der Waals surface area (Å²) in [4.78, 5) is 50.8. The highest BCUT2D eigenvalue weighted by atomic mass is 19.1. The summed E-state index contributed by atoms with van der Waals surface area (Å²) >= 11 is 0. The number of benzene rings is 1. The van der Waals surface area contributed by atoms with E-state index in [1.165, 1.54) is 4.90 Å². The number of carbonyl (C=O) groups is 4. The first kappa shape index (κ1) is 30.7. The molecule has 0 radical (unpaired) electrons. The number of halogens is 2. The predicted molar refractivity (Wildman–Crippen MR) is 146 cm³/mol. The first-order valence-electron chi connectivity index (χ1n) is 13.0. The number of hydrogen-bond acceptors (Lipinski definition) is 8. The monoisotopic (exact) mass is 583 g/mol. The lowest BCUT2D eigenvalue weighted by molar-refractivity contribution is -0.125. The molecule has 2 fully saturated rings. The number of aldehydes is 1. The van der Waals surface area contributed by atoms with Crippen molar-refractivity contribution in [2.75, 3.05) is 27.2 Å². The van der Waals surface area contributed by atoms with Gasteiger partial charge in [-0.25, -0.2) is 13.6 Å². The summed E-state index contributed by atoms with van der Waals surface area (Å²) in [5.41, 5.74) is -1.49. The van der Waals surface area contributed by atoms with Gasteiger partial charge in [-0.2, -0.15) is 0 Å². The molecule has 0 spiro atoms. The van der Waals surface area contributed by atoms with Crippen LogP contribution in [0.25, 0.3) is 0 Å². The van der Waals surface area contributed by atoms with Crippen LogP contribution >= 0.6 is 0 Å². The van der Waals surface area contributed by atoms with Gasteiger partial charge in [-0.15, -0.1) is 6.58 Å². The van der Waals surface area contributed by atoms with E-state index in [9.17, 15) is 33.1 Å². The SMILES string of the molecule is C=C(C)CC1(c2ccc(C#CC3(CN(C)CC4C=C(F)C(OC)C(F)=C4C=O)NC(=O)NC3=O)cc2)NC(O)NC1=O. The molecule has 1 aliphatic carbocycles. The van der Waals surface area contributed by atoms with Crippen molar-refractivity contribution < 1.29 is 37.8 Å². The van der Waals surface area contributed by atoms with Gasteiger partial charge in [0.1, 0.15) is 23.5 Å². The van der Waals surface area contributed by atoms with Gasteiger partial charge < -0.3 is 25.4 Å². The number of carbonyl (C=O) groups excluding carboxylic acids is 4. The maximum atomic E-state index is 14.7. The van der Waals surface area contributed by atoms with Gasteiger partial charge in [0.25, 0.3) is 5.91 Å². The zero-order valence-electron chi connectivity index (χ0n) is 23.2. The molecule has 4 amide bonds. The van der Waals surface area contributed by atoms with E-state index >= 15 is 0 Å². The van der Waals surface area contributed by atoms with Gasteiger partial charge in [0, 0.05) is 37.3 Å². The molecular formula is C29H31F2N5O6. The van der Waals surface area contributed by atoms with Crippen molar-refractivity contribution in [3.05, 3.63) is 70.8 Å². The highest BCUT2D eigenvalue weighted by Crippen LogP contribution is 2.33. The van der Waals surface area contributed by atoms with E-state index in [0.717, 1.165) is 13.2 Å². The number of ether oxygens (including phenoxy) is 1. The van der Waals surface area contributed by atoms with E-state index in [1.807, 2.05) is 0 Å². The van der Waals surface area contributed by atoms with Crippen LogP contribution in [0.5, 0.6) is 0 Å². The molecule has 2 heterocycles. The van der Waals surface area contributed by atoms with Crippen molar-refractivity contribution in [2.24, 2.45) is 5.92 Å². The summed E-state index contributed by atoms with van der Waals surface area (Å²) in [6, 6.07) is 5.80. The van der Waals surface area contributed by atoms with E-state index in [1.54, 1.807) is 38.2 Å². The number of aliphatic hydroxyl groups excluding tert-OH is 1. The summed E-state index contributed by atoms with van der Waals surface area (Å²) < 4.78 is 33.9. The number of likely N-dealkylation sites (N-methyl/N-ethyl adjacent to an activating group) is 1. The lowest BCUT2D eigenvalue weighted by Crippen LogP contribution is -2.54. The second kappa shape index (κ2) is 11.9. The lowest BCUT2D eigenvalue weighted by Gasteiger charge is -2.30. The van der Waals surface area contributed by atoms with Gasteiger partial charge in [-0.1, -0.05) is 29.5 Å². The van der Waals surface area contributed by atoms with Gasteiger partial charge >= 0.3 is 6.03 Å². The molecule has 5 N–H and O–H groups in total. The molecule has 5 unspecified atom stereocenters. The van der Waals surface area contributed by atoms with Crippen LogP contribution in [0, 0.1) is 17.8 Å². The van der Waals surface area contributed by atoms with Crippen LogP contribution < -0.4 is 21.3 Å². The number of imide groups is 1. The van der Waals surface area contributed by atoms with Gasteiger partial charge in [-0.05, 0) is 44.2 Å². The van der Waals surface area contributed by atoms with Gasteiger partial charge in [-0.3, -0.25) is 25.0 Å². The van der Waals surface area contributed by atoms with E-state index < -0.39 is 59.0 Å². The van der Waals surface area contributed by atoms with Crippen LogP contribution in [0.3, 0.4) is 0 Å². The number of amides is 4. The second-order valence-electron chi connectivity index (χ2n) is 10.6. The van der Waals surface area contributed by atoms with Crippen molar-refractivity contribution in [2.45, 2.75) is 36.9 Å². The van der Waals surface area contributed by atoms with Gasteiger partial charge in [0.05, 0.1) is 0 Å². The summed E-state index contributed by atoms with van der Waals surface area (Å²) in [7, 11) is 2.68. The minimum Gasteiger partial charge on any atom is -0.367 e. The maximum absolute atomic E-state index is 14.7. The van der Waals surface area contributed by atoms with Crippen molar-refractivity contribution in [3.63, 3.8) is 0 Å². The van der Waals surface area contributed by atoms with Crippen molar-refractivity contribution in [1.82, 2.24) is 26.2 Å². The molecule has 11 nitrogen and oxygen atoms in total. The molecule has 0 saturated carbocycles. The van der Waals surface area contributed by atoms with E-state index in [4.69, 9.17) is 4.74 Å². The fraction of sp³-hybridized carbons (Fsp3) is 0.379. The highest BCUT2D eigenvalue weighted by molar-refractivity contribution is 6.09. The molecule has 4 rings (SSSR count). The molecule has 1 aromatic rings. The largest absolute Gasteiger partial charge is 0.367 e. The predicted octanol–water partition coefficient (Wildman–Crippen LogP) is 0.626. The number of rotatable bonds is 9. The number of urea groups is 1. The topological polar surface area (TPSA) is 149 Å². The molecule has 42 heavy (non-hydrogen) atoms. The number of hydrogen-bond donors (Lipinski definition) is 5. The lowest BCUT2D eigenvalue weighted by atomic mass is 9.84. The first-order valence-corrected chi connectivity index (χ1v) is 13.0. The highest BCUT2D eigenvalue weighted by Gasteiger charge is 2.48. The molecule has 13 heteroatoms. The van der Waals surface area contributed by atoms with Crippen molar-refractivity contribution >= 4 is 24.1 Å². The second-order valence-corrected chi connectivity index (χ2v) is 10.6. The summed E-state index contributed by atoms with van der Waals surface area (Å²) in [5.74, 6) is 1.68. The van der Waals surface area contributed by atoms with Crippen LogP contribution in [-0.2, 0) is 24.7 Å². The van der Waals surface area contributed by atoms with Crippen LogP contribution in [-0.4, -0.2) is 79.4 Å². The van der Waals surface area contributed by atoms with Crippen LogP contribution in [0.2, 0.25) is 0 Å². The molecule has 3 aliphatic rings. The fourth-order valence-electron chi connectivity index (χ4n) is 5.37. The molecule has 0 bridgehead atoms. The number of nitrogens with one attached hydrogen (secondary N) is 4. The smallest absolute Gasteiger partial charge is 0.323 e. The number of nitrogens with zero attached hydrogens (tertiary/aromatic N) is 1. The molecule has 222 valence electrons. The minimum absolute atomic E-state index is 0.0711. The fourth-order valence-corrected chi connectivity index (χ4v) is 5.37. The Morgan fingerprint density at radius 2 is 1.90 bits per heavy atom. The quantitative estimate of drug-likeness (QED) is 0.123. The third-order valence-corrected chi connectivity index (χ3v) is 7.24. The zero-order valence-corrected chi connectivity index (χ0v) is 23.2. The zero-order chi connectivity index (χ0) is 30.8. The van der Waals surface area contributed by atoms with E-state index in [-0.39, 0.29) is 25.1 Å². The average Bonchev–Trinajstić information content (AvgIpc) is 3.35. The third-order valence-electron chi connectivity index (χ3n) is 7.24. The average molecular weight is 584 g/mol. The molecule has 0 aromatic heterocycles. The Morgan fingerprint density at radius 1 is 1.21 bits per heavy atom. The Hall–Kier alpha value is -4.22. The van der Waals surface area contributed by atoms with Gasteiger partial charge in [0.2, 0.25) is 5.91 Å². The van der Waals surface area contributed by atoms with Crippen molar-refractivity contribution in [1.29, 1.82) is 0 Å². The summed E-state index contributed by atoms with van der Waals surface area (Å²) in [6.07, 6.45) is -1.19. The van der Waals surface area contributed by atoms with Crippen molar-refractivity contribution in [3.8, 4) is 11.8 Å². The summed E-state index contributed by atoms with van der Waals surface area (Å²) in [6.45, 7) is 5.40. The van der Waals surface area contributed by atoms with Gasteiger partial charge in [0.15, 0.2) is 18.0 Å². The minimum atomic E-state index is -1.71. The van der Waals surface area contributed by atoms with Crippen LogP contribution in [0.1, 0.15) is 24.5 Å². The molecular weight excluding hydrogens is 552 g/mol. The Kier molecular flexibility index (Phi) is 8.74. The molecule has 2 aliphatic heterocycles. The molecule has 1 aromatic carbocycles. The van der Waals surface area contributed by atoms with E-state index in [0.29, 0.717) is 23.0 Å². The normalized spacial score (nSPS) is 29.0. The standard InChI is InChI=1S/C29H31F2N5O6/c1-16(2)12-29(25(39)33-27(41)35-29)19-7-5-17(6-8-19)9-10-28(24(38)32-26(40)34-28)15-36(3)13-18-11-21(30)23(42-4)22(31)20(18)14-37/h5-8,11,14,18,23,27,35,41H,1,12-13,15H2,2-4H3,(H,33,39)(H2,32,34,38,40). The Labute approximate surface area is 241 Å². The number of aliphatic hydroxyl groups is 1. The Morgan fingerprint density at radius 3 is 2.43 bits per heavy atom. The van der Waals surface area contributed by atoms with Crippen LogP contribution in [0.4, 0.5) is 13.6 Å². The van der Waals surface area contributed by atoms with Crippen LogP contribution in [0.15, 0.2) is 59.7 Å². The molecule has 2 saturated heterocycles. The summed E-state index contributed by atoms with van der Waals surface area (Å²) in [5, 5.41) is 20.0. The first-order chi connectivity index (χ1) is 19.8. The Balaban J connectivity index is 1.58. The van der Waals surface area contributed by atoms with E-state index in [2.05, 4.69) is 39.7 Å². The maximum Gasteiger partial charge on any atom is 0.323 e. The Bertz CT molecular complexity index is 1450.